The molecule has 0 spiro atoms. The third-order valence-electron chi connectivity index (χ3n) is 14.4. The van der Waals surface area contributed by atoms with Gasteiger partial charge in [-0.3, -0.25) is 33.3 Å². The molecule has 2 aromatic heterocycles. The van der Waals surface area contributed by atoms with Gasteiger partial charge in [-0.2, -0.15) is 0 Å². The Kier molecular flexibility index (Phi) is 21.3. The summed E-state index contributed by atoms with van der Waals surface area (Å²) in [5, 5.41) is 0.620. The first-order valence-corrected chi connectivity index (χ1v) is 28.8. The molecule has 1 N–H and O–H groups in total. The van der Waals surface area contributed by atoms with Gasteiger partial charge >= 0.3 is 35.7 Å². The molecule has 10 atom stereocenters. The van der Waals surface area contributed by atoms with Crippen molar-refractivity contribution < 1.29 is 85.1 Å². The largest absolute Gasteiger partial charge is 0.497 e. The second-order valence-electron chi connectivity index (χ2n) is 20.7. The fourth-order valence-electron chi connectivity index (χ4n) is 10.7. The van der Waals surface area contributed by atoms with E-state index >= 15 is 0 Å². The zero-order valence-electron chi connectivity index (χ0n) is 49.5. The molecule has 8 rings (SSSR count). The summed E-state index contributed by atoms with van der Waals surface area (Å²) in [6, 6.07) is 32.6. The molecule has 2 fully saturated rings. The van der Waals surface area contributed by atoms with Crippen LogP contribution in [0.2, 0.25) is 0 Å². The van der Waals surface area contributed by atoms with Gasteiger partial charge < -0.3 is 61.2 Å². The van der Waals surface area contributed by atoms with E-state index in [-0.39, 0.29) is 31.7 Å². The molecule has 4 heterocycles. The van der Waals surface area contributed by atoms with Crippen molar-refractivity contribution in [1.82, 2.24) is 18.8 Å². The van der Waals surface area contributed by atoms with Gasteiger partial charge in [0.25, 0.3) is 14.1 Å². The second kappa shape index (κ2) is 28.6. The van der Waals surface area contributed by atoms with E-state index in [0.29, 0.717) is 28.0 Å². The van der Waals surface area contributed by atoms with Crippen LogP contribution in [0.25, 0.3) is 10.9 Å². The summed E-state index contributed by atoms with van der Waals surface area (Å²) in [5.41, 5.74) is 0.604. The van der Waals surface area contributed by atoms with Crippen molar-refractivity contribution in [2.45, 2.75) is 128 Å². The van der Waals surface area contributed by atoms with Crippen LogP contribution in [0.4, 0.5) is 4.79 Å². The number of hydrogen-bond acceptors (Lipinski definition) is 21. The van der Waals surface area contributed by atoms with Crippen molar-refractivity contribution >= 4 is 49.4 Å². The number of rotatable bonds is 24. The number of para-hydroxylation sites is 1. The van der Waals surface area contributed by atoms with Gasteiger partial charge in [-0.1, -0.05) is 72.8 Å². The first kappa shape index (κ1) is 64.2. The minimum absolute atomic E-state index is 0.00856. The molecular formula is C61H71N4O20P. The molecule has 24 nitrogen and oxygen atoms in total. The molecule has 0 radical (unpaired) electrons. The molecule has 460 valence electrons. The van der Waals surface area contributed by atoms with Crippen LogP contribution in [-0.4, -0.2) is 152 Å². The number of hydrogen-bond donors (Lipinski definition) is 1. The molecule has 2 aliphatic rings. The number of benzene rings is 4. The highest BCUT2D eigenvalue weighted by molar-refractivity contribution is 7.44. The number of ether oxygens (including phenoxy) is 11. The van der Waals surface area contributed by atoms with Crippen LogP contribution in [0.1, 0.15) is 76.9 Å². The maximum absolute atomic E-state index is 14.5. The predicted octanol–water partition coefficient (Wildman–Crippen LogP) is 7.10. The lowest BCUT2D eigenvalue weighted by atomic mass is 9.80. The number of H-pyrrole nitrogens is 1. The summed E-state index contributed by atoms with van der Waals surface area (Å²) < 4.78 is 83.3. The number of esters is 4. The van der Waals surface area contributed by atoms with Gasteiger partial charge in [0.05, 0.1) is 40.1 Å². The molecule has 0 aliphatic carbocycles. The number of fused-ring (bicyclic) bond motifs is 1. The van der Waals surface area contributed by atoms with E-state index in [4.69, 9.17) is 61.2 Å². The third kappa shape index (κ3) is 14.2. The van der Waals surface area contributed by atoms with Crippen LogP contribution in [0.3, 0.4) is 0 Å². The summed E-state index contributed by atoms with van der Waals surface area (Å²) in [6.07, 6.45) is -11.0. The van der Waals surface area contributed by atoms with Gasteiger partial charge in [-0.05, 0) is 86.7 Å². The summed E-state index contributed by atoms with van der Waals surface area (Å²) in [6.45, 7) is 11.0. The standard InChI is InChI=1S/C61H71N4O20P/c1-35(2)65(36(3)4)86(78-32-30-40-33-64(47-20-16-15-19-46(40)47)60(72)84-58-55(81-39(7)68)52(80-38(6)67)51(79-37(5)66)54(83-58)57(70)76-11)85-50-48(82-56(53(50)75-10)63-31-29-49(69)62-59(63)71)34-77-61(41-17-13-12-14-18-41,42-21-25-44(73-8)26-22-42)43-23-27-45(74-9)28-24-43/h12-29,31,33,35-36,48,50-56,58H,30,32,34H2,1-11H3,(H,62,69,71)/t48-,50?,51?,52?,53?,54?,55?,56-,58?,86?/m1/s1. The topological polar surface area (TPSA) is 268 Å². The summed E-state index contributed by atoms with van der Waals surface area (Å²) >= 11 is 0. The van der Waals surface area contributed by atoms with E-state index in [1.165, 1.54) is 34.7 Å². The molecule has 4 aromatic carbocycles. The van der Waals surface area contributed by atoms with Gasteiger partial charge in [0.2, 0.25) is 12.4 Å². The Balaban J connectivity index is 1.13. The van der Waals surface area contributed by atoms with Crippen molar-refractivity contribution in [3.63, 3.8) is 0 Å². The van der Waals surface area contributed by atoms with Crippen LogP contribution < -0.4 is 20.7 Å². The van der Waals surface area contributed by atoms with Crippen LogP contribution in [0.5, 0.6) is 11.5 Å². The van der Waals surface area contributed by atoms with Gasteiger partial charge in [-0.25, -0.2) is 19.1 Å². The van der Waals surface area contributed by atoms with Crippen LogP contribution in [0, 0.1) is 0 Å². The molecular weight excluding hydrogens is 1140 g/mol. The van der Waals surface area contributed by atoms with Gasteiger partial charge in [0.1, 0.15) is 35.4 Å². The van der Waals surface area contributed by atoms with E-state index in [9.17, 15) is 33.6 Å². The normalized spacial score (nSPS) is 21.7. The summed E-state index contributed by atoms with van der Waals surface area (Å²) in [5.74, 6) is -2.54. The molecule has 0 saturated carbocycles. The Bertz CT molecular complexity index is 3370. The second-order valence-corrected chi connectivity index (χ2v) is 22.1. The fraction of sp³-hybridized carbons (Fsp3) is 0.426. The van der Waals surface area contributed by atoms with Gasteiger partial charge in [-0.15, -0.1) is 0 Å². The van der Waals surface area contributed by atoms with E-state index in [1.807, 2.05) is 107 Å². The van der Waals surface area contributed by atoms with Gasteiger partial charge in [0.15, 0.2) is 24.5 Å². The number of aromatic nitrogens is 3. The lowest BCUT2D eigenvalue weighted by Gasteiger charge is -2.42. The molecule has 6 aromatic rings. The maximum Gasteiger partial charge on any atom is 0.420 e. The highest BCUT2D eigenvalue weighted by atomic mass is 31.2. The average molecular weight is 1210 g/mol. The zero-order chi connectivity index (χ0) is 62.0. The van der Waals surface area contributed by atoms with E-state index in [0.717, 1.165) is 44.6 Å². The van der Waals surface area contributed by atoms with E-state index < -0.39 is 111 Å². The van der Waals surface area contributed by atoms with Crippen molar-refractivity contribution in [2.24, 2.45) is 0 Å². The average Bonchev–Trinajstić information content (AvgIpc) is 1.76. The monoisotopic (exact) mass is 1210 g/mol. The minimum atomic E-state index is -2.07. The predicted molar refractivity (Wildman–Crippen MR) is 309 cm³/mol. The molecule has 25 heteroatoms. The number of aromatic amines is 1. The smallest absolute Gasteiger partial charge is 0.420 e. The molecule has 86 heavy (non-hydrogen) atoms. The highest BCUT2D eigenvalue weighted by Crippen LogP contribution is 2.51. The van der Waals surface area contributed by atoms with Gasteiger partial charge in [0, 0.05) is 63.8 Å². The Labute approximate surface area is 497 Å². The summed E-state index contributed by atoms with van der Waals surface area (Å²) in [7, 11) is 3.62. The highest BCUT2D eigenvalue weighted by Gasteiger charge is 2.57. The molecule has 2 saturated heterocycles. The number of carbonyl (C=O) groups excluding carboxylic acids is 5. The Morgan fingerprint density at radius 2 is 1.23 bits per heavy atom. The van der Waals surface area contributed by atoms with Crippen LogP contribution in [-0.2, 0) is 82.9 Å². The van der Waals surface area contributed by atoms with Crippen molar-refractivity contribution in [2.75, 3.05) is 41.7 Å². The first-order valence-electron chi connectivity index (χ1n) is 27.6. The molecule has 0 bridgehead atoms. The zero-order valence-corrected chi connectivity index (χ0v) is 50.4. The summed E-state index contributed by atoms with van der Waals surface area (Å²) in [4.78, 5) is 93.3. The molecule has 8 unspecified atom stereocenters. The lowest BCUT2D eigenvalue weighted by molar-refractivity contribution is -0.288. The number of methoxy groups -OCH3 is 4. The van der Waals surface area contributed by atoms with E-state index in [1.54, 1.807) is 38.5 Å². The molecule has 0 amide bonds. The fourth-order valence-corrected chi connectivity index (χ4v) is 12.5. The maximum atomic E-state index is 14.5. The van der Waals surface area contributed by atoms with Crippen LogP contribution >= 0.6 is 8.53 Å². The SMILES string of the molecule is COC(=O)C1OC(OC(=O)n2cc(CCOP(OC3C(OC)[C@H](n4ccc(=O)[nH]c4=O)O[C@@H]3COC(c3ccccc3)(c3ccc(OC)cc3)c3ccc(OC)cc3)N(C(C)C)C(C)C)c3ccccc32)C(OC(C)=O)C(OC(C)=O)C1OC(C)=O. The van der Waals surface area contributed by atoms with Crippen LogP contribution in [0.15, 0.2) is 131 Å². The number of nitrogens with one attached hydrogen (secondary N) is 1. The minimum Gasteiger partial charge on any atom is -0.497 e. The van der Waals surface area contributed by atoms with E-state index in [2.05, 4.69) is 9.65 Å². The third-order valence-corrected chi connectivity index (χ3v) is 16.5. The van der Waals surface area contributed by atoms with Crippen molar-refractivity contribution in [3.8, 4) is 11.5 Å². The van der Waals surface area contributed by atoms with Crippen molar-refractivity contribution in [1.29, 1.82) is 0 Å². The Hall–Kier alpha value is -7.80. The molecule has 2 aliphatic heterocycles. The van der Waals surface area contributed by atoms with Crippen molar-refractivity contribution in [3.05, 3.63) is 165 Å². The first-order chi connectivity index (χ1) is 41.2. The lowest BCUT2D eigenvalue weighted by Crippen LogP contribution is -2.64. The quantitative estimate of drug-likeness (QED) is 0.0274. The number of nitrogens with zero attached hydrogens (tertiary/aromatic N) is 3. The Morgan fingerprint density at radius 1 is 0.663 bits per heavy atom. The number of carbonyl (C=O) groups is 5. The Morgan fingerprint density at radius 3 is 1.79 bits per heavy atom.